The highest BCUT2D eigenvalue weighted by Crippen LogP contribution is 2.49. The predicted octanol–water partition coefficient (Wildman–Crippen LogP) is 2.95. The number of benzene rings is 2. The molecule has 3 rings (SSSR count). The molecule has 2 aromatic rings. The number of amides is 2. The normalized spacial score (nSPS) is 15.5. The maximum atomic E-state index is 12.2. The van der Waals surface area contributed by atoms with E-state index in [-0.39, 0.29) is 6.03 Å². The summed E-state index contributed by atoms with van der Waals surface area (Å²) in [5.74, 6) is 2.14. The van der Waals surface area contributed by atoms with Gasteiger partial charge in [-0.3, -0.25) is 0 Å². The Bertz CT molecular complexity index is 806. The van der Waals surface area contributed by atoms with E-state index in [1.807, 2.05) is 24.3 Å². The Balaban J connectivity index is 2.23. The van der Waals surface area contributed by atoms with Crippen molar-refractivity contribution in [3.05, 3.63) is 41.5 Å². The molecule has 25 heavy (non-hydrogen) atoms. The number of hydrogen-bond acceptors (Lipinski definition) is 5. The van der Waals surface area contributed by atoms with E-state index in [0.717, 1.165) is 11.1 Å². The Hall–Kier alpha value is -3.09. The molecule has 1 unspecified atom stereocenters. The van der Waals surface area contributed by atoms with Gasteiger partial charge in [-0.25, -0.2) is 4.79 Å². The molecule has 132 valence electrons. The molecule has 0 aromatic heterocycles. The minimum atomic E-state index is -0.423. The number of carbonyl (C=O) groups excluding carboxylic acids is 1. The van der Waals surface area contributed by atoms with Crippen molar-refractivity contribution >= 4 is 11.7 Å². The summed E-state index contributed by atoms with van der Waals surface area (Å²) in [6, 6.07) is 8.49. The van der Waals surface area contributed by atoms with Crippen LogP contribution >= 0.6 is 0 Å². The van der Waals surface area contributed by atoms with Crippen LogP contribution in [0.5, 0.6) is 23.0 Å². The fourth-order valence-electron chi connectivity index (χ4n) is 3.00. The van der Waals surface area contributed by atoms with Crippen LogP contribution in [-0.4, -0.2) is 34.5 Å². The number of fused-ring (bicyclic) bond motifs is 1. The van der Waals surface area contributed by atoms with E-state index in [1.165, 1.54) is 7.11 Å². The van der Waals surface area contributed by atoms with Gasteiger partial charge >= 0.3 is 6.03 Å². The zero-order valence-electron chi connectivity index (χ0n) is 14.5. The lowest BCUT2D eigenvalue weighted by atomic mass is 9.93. The molecule has 2 N–H and O–H groups in total. The van der Waals surface area contributed by atoms with Gasteiger partial charge in [-0.1, -0.05) is 12.1 Å². The van der Waals surface area contributed by atoms with Crippen LogP contribution in [0.4, 0.5) is 10.5 Å². The van der Waals surface area contributed by atoms with Crippen LogP contribution in [0.2, 0.25) is 0 Å². The smallest absolute Gasteiger partial charge is 0.320 e. The van der Waals surface area contributed by atoms with Crippen LogP contribution in [0.15, 0.2) is 30.3 Å². The lowest BCUT2D eigenvalue weighted by Gasteiger charge is -2.30. The zero-order chi connectivity index (χ0) is 18.0. The van der Waals surface area contributed by atoms with Gasteiger partial charge in [-0.05, 0) is 17.7 Å². The fraction of sp³-hybridized carbons (Fsp3) is 0.278. The van der Waals surface area contributed by atoms with E-state index in [0.29, 0.717) is 28.7 Å². The summed E-state index contributed by atoms with van der Waals surface area (Å²) in [6.07, 6.45) is 0. The second-order valence-electron chi connectivity index (χ2n) is 5.41. The zero-order valence-corrected chi connectivity index (χ0v) is 14.5. The van der Waals surface area contributed by atoms with Crippen LogP contribution in [0.25, 0.3) is 0 Å². The molecule has 0 fully saturated rings. The first-order valence-electron chi connectivity index (χ1n) is 7.67. The number of rotatable bonds is 5. The average Bonchev–Trinajstić information content (AvgIpc) is 2.65. The van der Waals surface area contributed by atoms with Gasteiger partial charge in [-0.2, -0.15) is 0 Å². The molecule has 7 nitrogen and oxygen atoms in total. The number of carbonyl (C=O) groups is 1. The maximum Gasteiger partial charge on any atom is 0.320 e. The third-order valence-corrected chi connectivity index (χ3v) is 4.11. The predicted molar refractivity (Wildman–Crippen MR) is 93.1 cm³/mol. The molecule has 1 aliphatic heterocycles. The lowest BCUT2D eigenvalue weighted by Crippen LogP contribution is -2.38. The number of hydrogen-bond donors (Lipinski definition) is 2. The minimum absolute atomic E-state index is 0.311. The van der Waals surface area contributed by atoms with Crippen molar-refractivity contribution in [2.75, 3.05) is 33.8 Å². The Morgan fingerprint density at radius 3 is 2.32 bits per heavy atom. The van der Waals surface area contributed by atoms with Crippen LogP contribution in [0, 0.1) is 0 Å². The van der Waals surface area contributed by atoms with Crippen molar-refractivity contribution in [1.29, 1.82) is 0 Å². The van der Waals surface area contributed by atoms with Crippen molar-refractivity contribution in [1.82, 2.24) is 5.32 Å². The van der Waals surface area contributed by atoms with Crippen molar-refractivity contribution < 1.29 is 23.7 Å². The van der Waals surface area contributed by atoms with E-state index in [9.17, 15) is 4.79 Å². The molecule has 0 aliphatic carbocycles. The SMILES string of the molecule is COc1cccc(C2NC(=O)Nc3cc(OC)c(OC)c(OC)c32)c1. The second kappa shape index (κ2) is 6.80. The number of ether oxygens (including phenoxy) is 4. The van der Waals surface area contributed by atoms with Gasteiger partial charge in [0.05, 0.1) is 40.2 Å². The minimum Gasteiger partial charge on any atom is -0.497 e. The van der Waals surface area contributed by atoms with Crippen molar-refractivity contribution in [2.45, 2.75) is 6.04 Å². The topological polar surface area (TPSA) is 78.1 Å². The molecule has 1 atom stereocenters. The number of nitrogens with one attached hydrogen (secondary N) is 2. The Kier molecular flexibility index (Phi) is 4.56. The van der Waals surface area contributed by atoms with Crippen LogP contribution in [0.1, 0.15) is 17.2 Å². The van der Waals surface area contributed by atoms with Crippen LogP contribution < -0.4 is 29.6 Å². The first-order chi connectivity index (χ1) is 12.1. The maximum absolute atomic E-state index is 12.2. The highest BCUT2D eigenvalue weighted by atomic mass is 16.5. The molecular weight excluding hydrogens is 324 g/mol. The average molecular weight is 344 g/mol. The van der Waals surface area contributed by atoms with Crippen LogP contribution in [-0.2, 0) is 0 Å². The molecule has 2 aromatic carbocycles. The van der Waals surface area contributed by atoms with Crippen LogP contribution in [0.3, 0.4) is 0 Å². The van der Waals surface area contributed by atoms with Crippen molar-refractivity contribution in [3.63, 3.8) is 0 Å². The lowest BCUT2D eigenvalue weighted by molar-refractivity contribution is 0.248. The number of anilines is 1. The summed E-state index contributed by atoms with van der Waals surface area (Å²) in [6.45, 7) is 0. The van der Waals surface area contributed by atoms with Gasteiger partial charge in [0.15, 0.2) is 11.5 Å². The Morgan fingerprint density at radius 1 is 0.920 bits per heavy atom. The monoisotopic (exact) mass is 344 g/mol. The molecule has 0 bridgehead atoms. The van der Waals surface area contributed by atoms with E-state index in [4.69, 9.17) is 18.9 Å². The third kappa shape index (κ3) is 2.88. The highest BCUT2D eigenvalue weighted by Gasteiger charge is 2.33. The second-order valence-corrected chi connectivity index (χ2v) is 5.41. The molecule has 0 saturated carbocycles. The van der Waals surface area contributed by atoms with Gasteiger partial charge in [0, 0.05) is 11.6 Å². The molecular formula is C18H20N2O5. The molecule has 7 heteroatoms. The van der Waals surface area contributed by atoms with Crippen molar-refractivity contribution in [3.8, 4) is 23.0 Å². The summed E-state index contributed by atoms with van der Waals surface area (Å²) >= 11 is 0. The standard InChI is InChI=1S/C18H20N2O5/c1-22-11-7-5-6-10(8-11)15-14-12(19-18(21)20-15)9-13(23-2)16(24-3)17(14)25-4/h5-9,15H,1-4H3,(H2,19,20,21). The quantitative estimate of drug-likeness (QED) is 0.872. The third-order valence-electron chi connectivity index (χ3n) is 4.11. The number of urea groups is 1. The van der Waals surface area contributed by atoms with E-state index in [2.05, 4.69) is 10.6 Å². The largest absolute Gasteiger partial charge is 0.497 e. The summed E-state index contributed by atoms with van der Waals surface area (Å²) < 4.78 is 21.7. The highest BCUT2D eigenvalue weighted by molar-refractivity contribution is 5.95. The van der Waals surface area contributed by atoms with Gasteiger partial charge in [0.2, 0.25) is 5.75 Å². The summed E-state index contributed by atoms with van der Waals surface area (Å²) in [7, 11) is 6.23. The van der Waals surface area contributed by atoms with Gasteiger partial charge in [0.1, 0.15) is 5.75 Å². The fourth-order valence-corrected chi connectivity index (χ4v) is 3.00. The molecule has 1 aliphatic rings. The number of methoxy groups -OCH3 is 4. The molecule has 0 radical (unpaired) electrons. The summed E-state index contributed by atoms with van der Waals surface area (Å²) in [5, 5.41) is 5.71. The van der Waals surface area contributed by atoms with E-state index in [1.54, 1.807) is 27.4 Å². The summed E-state index contributed by atoms with van der Waals surface area (Å²) in [4.78, 5) is 12.2. The first-order valence-corrected chi connectivity index (χ1v) is 7.67. The van der Waals surface area contributed by atoms with Gasteiger partial charge in [-0.15, -0.1) is 0 Å². The molecule has 0 spiro atoms. The van der Waals surface area contributed by atoms with Gasteiger partial charge < -0.3 is 29.6 Å². The Labute approximate surface area is 145 Å². The molecule has 1 heterocycles. The van der Waals surface area contributed by atoms with Crippen molar-refractivity contribution in [2.24, 2.45) is 0 Å². The molecule has 2 amide bonds. The Morgan fingerprint density at radius 2 is 1.68 bits per heavy atom. The molecule has 0 saturated heterocycles. The van der Waals surface area contributed by atoms with E-state index < -0.39 is 6.04 Å². The van der Waals surface area contributed by atoms with Gasteiger partial charge in [0.25, 0.3) is 0 Å². The summed E-state index contributed by atoms with van der Waals surface area (Å²) in [5.41, 5.74) is 2.22. The van der Waals surface area contributed by atoms with E-state index >= 15 is 0 Å². The first kappa shape index (κ1) is 16.8.